The van der Waals surface area contributed by atoms with Crippen LogP contribution in [0.4, 0.5) is 5.88 Å². The number of benzene rings is 1. The molecule has 0 radical (unpaired) electrons. The van der Waals surface area contributed by atoms with Gasteiger partial charge in [-0.05, 0) is 48.0 Å². The highest BCUT2D eigenvalue weighted by Crippen LogP contribution is 2.24. The highest BCUT2D eigenvalue weighted by atomic mass is 79.9. The van der Waals surface area contributed by atoms with Gasteiger partial charge in [-0.15, -0.1) is 0 Å². The number of carbonyl (C=O) groups excluding carboxylic acids is 1. The average Bonchev–Trinajstić information content (AvgIpc) is 2.64. The van der Waals surface area contributed by atoms with E-state index in [1.807, 2.05) is 13.8 Å². The minimum atomic E-state index is -0.288. The minimum Gasteiger partial charge on any atom is -0.338 e. The molecule has 2 aromatic rings. The number of hydrogen-bond acceptors (Lipinski definition) is 3. The van der Waals surface area contributed by atoms with E-state index in [2.05, 4.69) is 26.4 Å². The lowest BCUT2D eigenvalue weighted by atomic mass is 10.2. The molecular formula is C12H10BrClN2O2. The van der Waals surface area contributed by atoms with Gasteiger partial charge >= 0.3 is 0 Å². The van der Waals surface area contributed by atoms with E-state index in [0.29, 0.717) is 16.5 Å². The number of rotatable bonds is 2. The first-order valence-corrected chi connectivity index (χ1v) is 6.35. The lowest BCUT2D eigenvalue weighted by Gasteiger charge is -2.03. The lowest BCUT2D eigenvalue weighted by molar-refractivity contribution is 0.102. The van der Waals surface area contributed by atoms with Gasteiger partial charge in [-0.3, -0.25) is 10.1 Å². The summed E-state index contributed by atoms with van der Waals surface area (Å²) < 4.78 is 5.76. The fourth-order valence-corrected chi connectivity index (χ4v) is 1.77. The van der Waals surface area contributed by atoms with Crippen molar-refractivity contribution in [2.75, 3.05) is 5.32 Å². The number of carbonyl (C=O) groups is 1. The number of hydrogen-bond donors (Lipinski definition) is 1. The highest BCUT2D eigenvalue weighted by molar-refractivity contribution is 9.10. The standard InChI is InChI=1S/C12H10BrClN2O2/c1-6-7(2)16-18-12(6)15-11(17)8-3-4-9(13)10(14)5-8/h3-5H,1-2H3,(H,15,17). The quantitative estimate of drug-likeness (QED) is 0.907. The van der Waals surface area contributed by atoms with Gasteiger partial charge in [0.15, 0.2) is 0 Å². The second-order valence-corrected chi connectivity index (χ2v) is 5.07. The van der Waals surface area contributed by atoms with Crippen LogP contribution >= 0.6 is 27.5 Å². The number of aryl methyl sites for hydroxylation is 1. The molecule has 18 heavy (non-hydrogen) atoms. The van der Waals surface area contributed by atoms with E-state index in [1.165, 1.54) is 0 Å². The van der Waals surface area contributed by atoms with Gasteiger partial charge in [0.05, 0.1) is 10.7 Å². The Kier molecular flexibility index (Phi) is 3.73. The van der Waals surface area contributed by atoms with E-state index >= 15 is 0 Å². The van der Waals surface area contributed by atoms with Crippen molar-refractivity contribution in [3.8, 4) is 0 Å². The van der Waals surface area contributed by atoms with Crippen LogP contribution in [-0.2, 0) is 0 Å². The van der Waals surface area contributed by atoms with Crippen LogP contribution in [0.2, 0.25) is 5.02 Å². The van der Waals surface area contributed by atoms with E-state index < -0.39 is 0 Å². The molecule has 1 amide bonds. The summed E-state index contributed by atoms with van der Waals surface area (Å²) in [6.07, 6.45) is 0. The lowest BCUT2D eigenvalue weighted by Crippen LogP contribution is -2.12. The molecule has 1 aromatic heterocycles. The van der Waals surface area contributed by atoms with Crippen molar-refractivity contribution in [3.05, 3.63) is 44.5 Å². The molecule has 0 fully saturated rings. The molecule has 0 bridgehead atoms. The first kappa shape index (κ1) is 13.1. The maximum Gasteiger partial charge on any atom is 0.258 e. The fraction of sp³-hybridized carbons (Fsp3) is 0.167. The van der Waals surface area contributed by atoms with Crippen molar-refractivity contribution in [2.45, 2.75) is 13.8 Å². The van der Waals surface area contributed by atoms with E-state index in [-0.39, 0.29) is 5.91 Å². The number of amides is 1. The molecule has 94 valence electrons. The van der Waals surface area contributed by atoms with Crippen LogP contribution in [0.5, 0.6) is 0 Å². The third-order valence-electron chi connectivity index (χ3n) is 2.57. The summed E-state index contributed by atoms with van der Waals surface area (Å²) >= 11 is 9.20. The summed E-state index contributed by atoms with van der Waals surface area (Å²) in [5.41, 5.74) is 2.02. The molecule has 0 saturated carbocycles. The predicted molar refractivity (Wildman–Crippen MR) is 73.1 cm³/mol. The third kappa shape index (κ3) is 2.57. The molecule has 0 atom stereocenters. The Morgan fingerprint density at radius 1 is 1.44 bits per heavy atom. The molecule has 1 heterocycles. The Morgan fingerprint density at radius 3 is 2.72 bits per heavy atom. The maximum atomic E-state index is 12.0. The predicted octanol–water partition coefficient (Wildman–Crippen LogP) is 3.96. The van der Waals surface area contributed by atoms with Crippen molar-refractivity contribution >= 4 is 39.3 Å². The molecule has 0 unspecified atom stereocenters. The van der Waals surface area contributed by atoms with Crippen molar-refractivity contribution < 1.29 is 9.32 Å². The summed E-state index contributed by atoms with van der Waals surface area (Å²) in [5, 5.41) is 6.90. The normalized spacial score (nSPS) is 10.4. The van der Waals surface area contributed by atoms with Gasteiger partial charge in [0.1, 0.15) is 0 Å². The minimum absolute atomic E-state index is 0.288. The molecule has 2 rings (SSSR count). The van der Waals surface area contributed by atoms with E-state index in [0.717, 1.165) is 15.7 Å². The Balaban J connectivity index is 2.22. The van der Waals surface area contributed by atoms with Crippen LogP contribution in [0.25, 0.3) is 0 Å². The Hall–Kier alpha value is -1.33. The third-order valence-corrected chi connectivity index (χ3v) is 3.80. The van der Waals surface area contributed by atoms with Crippen molar-refractivity contribution in [3.63, 3.8) is 0 Å². The zero-order valence-electron chi connectivity index (χ0n) is 9.75. The van der Waals surface area contributed by atoms with Crippen molar-refractivity contribution in [2.24, 2.45) is 0 Å². The number of halogens is 2. The zero-order chi connectivity index (χ0) is 13.3. The van der Waals surface area contributed by atoms with Crippen LogP contribution in [0, 0.1) is 13.8 Å². The number of anilines is 1. The molecular weight excluding hydrogens is 320 g/mol. The first-order chi connectivity index (χ1) is 8.49. The average molecular weight is 330 g/mol. The number of aromatic nitrogens is 1. The molecule has 0 aliphatic rings. The summed E-state index contributed by atoms with van der Waals surface area (Å²) in [6.45, 7) is 3.64. The van der Waals surface area contributed by atoms with Crippen LogP contribution in [0.15, 0.2) is 27.2 Å². The Morgan fingerprint density at radius 2 is 2.17 bits per heavy atom. The van der Waals surface area contributed by atoms with Gasteiger partial charge in [0, 0.05) is 15.6 Å². The van der Waals surface area contributed by atoms with Crippen LogP contribution in [-0.4, -0.2) is 11.1 Å². The zero-order valence-corrected chi connectivity index (χ0v) is 12.1. The SMILES string of the molecule is Cc1noc(NC(=O)c2ccc(Br)c(Cl)c2)c1C. The summed E-state index contributed by atoms with van der Waals surface area (Å²) in [5.74, 6) is 0.0696. The van der Waals surface area contributed by atoms with Gasteiger partial charge in [-0.1, -0.05) is 16.8 Å². The van der Waals surface area contributed by atoms with Gasteiger partial charge < -0.3 is 4.52 Å². The van der Waals surface area contributed by atoms with Gasteiger partial charge in [-0.25, -0.2) is 0 Å². The van der Waals surface area contributed by atoms with Crippen LogP contribution < -0.4 is 5.32 Å². The second-order valence-electron chi connectivity index (χ2n) is 3.81. The summed E-state index contributed by atoms with van der Waals surface area (Å²) in [6, 6.07) is 4.97. The Labute approximate surface area is 117 Å². The topological polar surface area (TPSA) is 55.1 Å². The molecule has 0 aliphatic heterocycles. The fourth-order valence-electron chi connectivity index (χ4n) is 1.34. The molecule has 1 aromatic carbocycles. The summed E-state index contributed by atoms with van der Waals surface area (Å²) in [7, 11) is 0. The molecule has 0 saturated heterocycles. The molecule has 0 spiro atoms. The molecule has 0 aliphatic carbocycles. The first-order valence-electron chi connectivity index (χ1n) is 5.18. The van der Waals surface area contributed by atoms with Gasteiger partial charge in [-0.2, -0.15) is 0 Å². The number of nitrogens with zero attached hydrogens (tertiary/aromatic N) is 1. The second kappa shape index (κ2) is 5.12. The number of nitrogens with one attached hydrogen (secondary N) is 1. The van der Waals surface area contributed by atoms with E-state index in [9.17, 15) is 4.79 Å². The Bertz CT molecular complexity index is 610. The largest absolute Gasteiger partial charge is 0.338 e. The molecule has 4 nitrogen and oxygen atoms in total. The molecule has 6 heteroatoms. The monoisotopic (exact) mass is 328 g/mol. The molecule has 1 N–H and O–H groups in total. The maximum absolute atomic E-state index is 12.0. The van der Waals surface area contributed by atoms with Crippen molar-refractivity contribution in [1.82, 2.24) is 5.16 Å². The highest BCUT2D eigenvalue weighted by Gasteiger charge is 2.14. The smallest absolute Gasteiger partial charge is 0.258 e. The van der Waals surface area contributed by atoms with Gasteiger partial charge in [0.2, 0.25) is 5.88 Å². The van der Waals surface area contributed by atoms with Crippen LogP contribution in [0.3, 0.4) is 0 Å². The van der Waals surface area contributed by atoms with Crippen LogP contribution in [0.1, 0.15) is 21.6 Å². The van der Waals surface area contributed by atoms with E-state index in [4.69, 9.17) is 16.1 Å². The van der Waals surface area contributed by atoms with Crippen molar-refractivity contribution in [1.29, 1.82) is 0 Å². The van der Waals surface area contributed by atoms with E-state index in [1.54, 1.807) is 18.2 Å². The summed E-state index contributed by atoms with van der Waals surface area (Å²) in [4.78, 5) is 12.0. The van der Waals surface area contributed by atoms with Gasteiger partial charge in [0.25, 0.3) is 5.91 Å².